The topological polar surface area (TPSA) is 124 Å². The first-order valence-corrected chi connectivity index (χ1v) is 11.8. The van der Waals surface area contributed by atoms with E-state index in [0.717, 1.165) is 21.4 Å². The first-order chi connectivity index (χ1) is 18.4. The van der Waals surface area contributed by atoms with Gasteiger partial charge in [0.1, 0.15) is 11.3 Å². The van der Waals surface area contributed by atoms with E-state index >= 15 is 0 Å². The molecule has 3 aromatic carbocycles. The fraction of sp³-hybridized carbons (Fsp3) is 0.107. The second-order valence-electron chi connectivity index (χ2n) is 8.51. The molecule has 2 heterocycles. The molecule has 0 spiro atoms. The summed E-state index contributed by atoms with van der Waals surface area (Å²) < 4.78 is 7.52. The molecule has 0 radical (unpaired) electrons. The average Bonchev–Trinajstić information content (AvgIpc) is 3.25. The zero-order valence-electron chi connectivity index (χ0n) is 20.3. The fourth-order valence-electron chi connectivity index (χ4n) is 4.39. The molecule has 0 bridgehead atoms. The van der Waals surface area contributed by atoms with Crippen molar-refractivity contribution in [2.75, 3.05) is 11.5 Å². The van der Waals surface area contributed by atoms with Gasteiger partial charge in [-0.2, -0.15) is 0 Å². The summed E-state index contributed by atoms with van der Waals surface area (Å²) in [4.78, 5) is 50.4. The van der Waals surface area contributed by atoms with Crippen LogP contribution in [0, 0.1) is 10.1 Å². The summed E-state index contributed by atoms with van der Waals surface area (Å²) in [6.45, 7) is 2.53. The number of para-hydroxylation sites is 3. The van der Waals surface area contributed by atoms with Crippen LogP contribution in [0.15, 0.2) is 84.6 Å². The minimum atomic E-state index is -0.857. The Bertz CT molecular complexity index is 1620. The van der Waals surface area contributed by atoms with Crippen molar-refractivity contribution in [2.24, 2.45) is 0 Å². The van der Waals surface area contributed by atoms with Crippen molar-refractivity contribution in [3.8, 4) is 5.75 Å². The summed E-state index contributed by atoms with van der Waals surface area (Å²) in [5.41, 5.74) is 2.32. The lowest BCUT2D eigenvalue weighted by Crippen LogP contribution is -2.54. The Morgan fingerprint density at radius 1 is 0.974 bits per heavy atom. The number of carbonyl (C=O) groups is 3. The molecule has 1 N–H and O–H groups in total. The number of ether oxygens (including phenoxy) is 1. The van der Waals surface area contributed by atoms with Crippen molar-refractivity contribution < 1.29 is 24.0 Å². The van der Waals surface area contributed by atoms with Crippen LogP contribution < -0.4 is 15.0 Å². The number of fused-ring (bicyclic) bond motifs is 1. The summed E-state index contributed by atoms with van der Waals surface area (Å²) in [6.07, 6.45) is 3.27. The number of nitro groups is 1. The molecule has 0 atom stereocenters. The third-order valence-corrected chi connectivity index (χ3v) is 6.13. The molecule has 0 unspecified atom stereocenters. The van der Waals surface area contributed by atoms with Gasteiger partial charge in [0, 0.05) is 41.3 Å². The van der Waals surface area contributed by atoms with E-state index in [-0.39, 0.29) is 16.9 Å². The Labute approximate surface area is 216 Å². The van der Waals surface area contributed by atoms with Gasteiger partial charge in [-0.25, -0.2) is 9.69 Å². The first kappa shape index (κ1) is 24.4. The van der Waals surface area contributed by atoms with Crippen molar-refractivity contribution >= 4 is 46.2 Å². The Hall–Kier alpha value is -5.25. The van der Waals surface area contributed by atoms with Crippen LogP contribution in [0.3, 0.4) is 0 Å². The molecule has 1 aliphatic heterocycles. The zero-order chi connectivity index (χ0) is 26.8. The third-order valence-electron chi connectivity index (χ3n) is 6.13. The van der Waals surface area contributed by atoms with Gasteiger partial charge in [-0.3, -0.25) is 25.0 Å². The average molecular weight is 511 g/mol. The number of urea groups is 1. The van der Waals surface area contributed by atoms with Crippen LogP contribution in [-0.4, -0.2) is 33.9 Å². The van der Waals surface area contributed by atoms with E-state index in [2.05, 4.69) is 5.32 Å². The lowest BCUT2D eigenvalue weighted by atomic mass is 10.1. The molecule has 1 fully saturated rings. The van der Waals surface area contributed by atoms with E-state index < -0.39 is 22.8 Å². The number of nitro benzene ring substituents is 1. The number of aromatic nitrogens is 1. The molecule has 38 heavy (non-hydrogen) atoms. The Balaban J connectivity index is 1.54. The predicted octanol–water partition coefficient (Wildman–Crippen LogP) is 4.66. The second kappa shape index (κ2) is 10.0. The summed E-state index contributed by atoms with van der Waals surface area (Å²) in [5.74, 6) is -1.22. The molecular formula is C28H22N4O6. The zero-order valence-corrected chi connectivity index (χ0v) is 20.3. The minimum Gasteiger partial charge on any atom is -0.492 e. The monoisotopic (exact) mass is 510 g/mol. The molecule has 10 heteroatoms. The number of nitrogens with zero attached hydrogens (tertiary/aromatic N) is 3. The molecule has 190 valence electrons. The van der Waals surface area contributed by atoms with Crippen molar-refractivity contribution in [3.05, 3.63) is 106 Å². The maximum absolute atomic E-state index is 13.5. The van der Waals surface area contributed by atoms with Gasteiger partial charge in [0.15, 0.2) is 0 Å². The van der Waals surface area contributed by atoms with Crippen molar-refractivity contribution in [2.45, 2.75) is 13.5 Å². The molecule has 1 aliphatic rings. The summed E-state index contributed by atoms with van der Waals surface area (Å²) in [5, 5.41) is 14.0. The van der Waals surface area contributed by atoms with Gasteiger partial charge in [-0.15, -0.1) is 0 Å². The van der Waals surface area contributed by atoms with E-state index in [0.29, 0.717) is 24.5 Å². The normalized spacial score (nSPS) is 14.7. The summed E-state index contributed by atoms with van der Waals surface area (Å²) in [6, 6.07) is 19.5. The van der Waals surface area contributed by atoms with Crippen LogP contribution in [0.4, 0.5) is 16.2 Å². The molecule has 0 aliphatic carbocycles. The highest BCUT2D eigenvalue weighted by Gasteiger charge is 2.38. The lowest BCUT2D eigenvalue weighted by molar-refractivity contribution is -0.384. The number of anilines is 1. The highest BCUT2D eigenvalue weighted by atomic mass is 16.6. The maximum atomic E-state index is 13.5. The van der Waals surface area contributed by atoms with Crippen LogP contribution in [0.1, 0.15) is 18.1 Å². The Kier molecular flexibility index (Phi) is 6.44. The van der Waals surface area contributed by atoms with E-state index in [1.54, 1.807) is 49.5 Å². The van der Waals surface area contributed by atoms with Crippen LogP contribution in [0.25, 0.3) is 17.0 Å². The summed E-state index contributed by atoms with van der Waals surface area (Å²) in [7, 11) is 0. The number of carbonyl (C=O) groups excluding carboxylic acids is 3. The van der Waals surface area contributed by atoms with Crippen molar-refractivity contribution in [1.82, 2.24) is 9.88 Å². The highest BCUT2D eigenvalue weighted by Crippen LogP contribution is 2.32. The van der Waals surface area contributed by atoms with E-state index in [1.807, 2.05) is 28.8 Å². The lowest BCUT2D eigenvalue weighted by Gasteiger charge is -2.27. The fourth-order valence-corrected chi connectivity index (χ4v) is 4.39. The third kappa shape index (κ3) is 4.50. The van der Waals surface area contributed by atoms with Gasteiger partial charge in [-0.1, -0.05) is 42.5 Å². The number of imide groups is 2. The van der Waals surface area contributed by atoms with Crippen molar-refractivity contribution in [3.63, 3.8) is 0 Å². The first-order valence-electron chi connectivity index (χ1n) is 11.8. The van der Waals surface area contributed by atoms with Gasteiger partial charge in [0.05, 0.1) is 17.2 Å². The molecule has 1 saturated heterocycles. The maximum Gasteiger partial charge on any atom is 0.336 e. The molecule has 10 nitrogen and oxygen atoms in total. The van der Waals surface area contributed by atoms with Gasteiger partial charge in [0.25, 0.3) is 17.5 Å². The predicted molar refractivity (Wildman–Crippen MR) is 141 cm³/mol. The van der Waals surface area contributed by atoms with Gasteiger partial charge in [0.2, 0.25) is 0 Å². The number of non-ortho nitro benzene ring substituents is 1. The van der Waals surface area contributed by atoms with Crippen LogP contribution in [0.2, 0.25) is 0 Å². The highest BCUT2D eigenvalue weighted by molar-refractivity contribution is 6.39. The number of rotatable bonds is 7. The van der Waals surface area contributed by atoms with E-state index in [9.17, 15) is 24.5 Å². The van der Waals surface area contributed by atoms with Gasteiger partial charge < -0.3 is 9.30 Å². The molecule has 4 aromatic rings. The Morgan fingerprint density at radius 2 is 1.68 bits per heavy atom. The number of benzene rings is 3. The quantitative estimate of drug-likeness (QED) is 0.167. The smallest absolute Gasteiger partial charge is 0.336 e. The van der Waals surface area contributed by atoms with Crippen LogP contribution in [0.5, 0.6) is 5.75 Å². The largest absolute Gasteiger partial charge is 0.492 e. The number of hydrogen-bond acceptors (Lipinski definition) is 6. The second-order valence-corrected chi connectivity index (χ2v) is 8.51. The molecular weight excluding hydrogens is 488 g/mol. The van der Waals surface area contributed by atoms with E-state index in [4.69, 9.17) is 4.74 Å². The SMILES string of the molecule is CCOc1ccccc1N1C(=O)NC(=O)/C(=C\c2cn(Cc3ccc([N+](=O)[O-])cc3)c3ccccc23)C1=O. The van der Waals surface area contributed by atoms with E-state index in [1.165, 1.54) is 18.2 Å². The van der Waals surface area contributed by atoms with Gasteiger partial charge >= 0.3 is 6.03 Å². The number of nitrogens with one attached hydrogen (secondary N) is 1. The molecule has 5 rings (SSSR count). The van der Waals surface area contributed by atoms with Crippen molar-refractivity contribution in [1.29, 1.82) is 0 Å². The van der Waals surface area contributed by atoms with Gasteiger partial charge in [-0.05, 0) is 36.8 Å². The summed E-state index contributed by atoms with van der Waals surface area (Å²) >= 11 is 0. The molecule has 0 saturated carbocycles. The number of barbiturate groups is 1. The van der Waals surface area contributed by atoms with Crippen LogP contribution >= 0.6 is 0 Å². The Morgan fingerprint density at radius 3 is 2.42 bits per heavy atom. The number of hydrogen-bond donors (Lipinski definition) is 1. The standard InChI is InChI=1S/C28H22N4O6/c1-2-38-25-10-6-5-9-24(25)31-27(34)22(26(33)29-28(31)35)15-19-17-30(23-8-4-3-7-21(19)23)16-18-11-13-20(14-12-18)32(36)37/h3-15,17H,2,16H2,1H3,(H,29,33,35)/b22-15+. The molecule has 4 amide bonds. The number of amides is 4. The minimum absolute atomic E-state index is 0.00312. The molecule has 1 aromatic heterocycles. The van der Waals surface area contributed by atoms with Crippen LogP contribution in [-0.2, 0) is 16.1 Å².